The molecule has 2 amide bonds. The summed E-state index contributed by atoms with van der Waals surface area (Å²) in [6, 6.07) is 7.84. The van der Waals surface area contributed by atoms with Crippen LogP contribution in [-0.2, 0) is 4.79 Å². The first kappa shape index (κ1) is 24.0. The van der Waals surface area contributed by atoms with Crippen LogP contribution in [0.25, 0.3) is 0 Å². The molecule has 3 aliphatic carbocycles. The first-order chi connectivity index (χ1) is 15.8. The topological polar surface area (TPSA) is 43.9 Å². The number of hydrogen-bond donors (Lipinski definition) is 0. The van der Waals surface area contributed by atoms with Crippen LogP contribution < -0.4 is 0 Å². The summed E-state index contributed by atoms with van der Waals surface area (Å²) in [6.07, 6.45) is 6.41. The zero-order valence-electron chi connectivity index (χ0n) is 21.0. The highest BCUT2D eigenvalue weighted by molar-refractivity contribution is 5.94. The molecule has 0 spiro atoms. The lowest BCUT2D eigenvalue weighted by Crippen LogP contribution is -2.52. The van der Waals surface area contributed by atoms with Gasteiger partial charge in [0.25, 0.3) is 5.91 Å². The van der Waals surface area contributed by atoms with Crippen molar-refractivity contribution in [1.29, 1.82) is 0 Å². The summed E-state index contributed by atoms with van der Waals surface area (Å²) < 4.78 is 0. The molecular formula is C28H41N3O2. The molecule has 33 heavy (non-hydrogen) atoms. The highest BCUT2D eigenvalue weighted by Crippen LogP contribution is 2.59. The van der Waals surface area contributed by atoms with E-state index in [9.17, 15) is 9.59 Å². The molecule has 5 heteroatoms. The van der Waals surface area contributed by atoms with Crippen LogP contribution >= 0.6 is 0 Å². The predicted molar refractivity (Wildman–Crippen MR) is 133 cm³/mol. The molecular weight excluding hydrogens is 410 g/mol. The minimum atomic E-state index is 0.125. The molecule has 0 N–H and O–H groups in total. The van der Waals surface area contributed by atoms with Gasteiger partial charge in [0.15, 0.2) is 0 Å². The number of hydrogen-bond acceptors (Lipinski definition) is 3. The van der Waals surface area contributed by atoms with Crippen LogP contribution in [0.4, 0.5) is 0 Å². The van der Waals surface area contributed by atoms with Gasteiger partial charge in [-0.15, -0.1) is 0 Å². The van der Waals surface area contributed by atoms with Crippen LogP contribution in [0.5, 0.6) is 0 Å². The van der Waals surface area contributed by atoms with Gasteiger partial charge in [0.05, 0.1) is 0 Å². The van der Waals surface area contributed by atoms with E-state index in [0.717, 1.165) is 63.7 Å². The number of benzene rings is 1. The Balaban J connectivity index is 1.29. The lowest BCUT2D eigenvalue weighted by molar-refractivity contribution is -0.131. The summed E-state index contributed by atoms with van der Waals surface area (Å²) in [7, 11) is 0. The van der Waals surface area contributed by atoms with Gasteiger partial charge in [0.2, 0.25) is 5.91 Å². The average Bonchev–Trinajstić information content (AvgIpc) is 2.82. The summed E-state index contributed by atoms with van der Waals surface area (Å²) in [4.78, 5) is 32.2. The van der Waals surface area contributed by atoms with Crippen molar-refractivity contribution in [1.82, 2.24) is 14.7 Å². The maximum atomic E-state index is 12.9. The van der Waals surface area contributed by atoms with Gasteiger partial charge in [-0.3, -0.25) is 14.5 Å². The van der Waals surface area contributed by atoms with Crippen molar-refractivity contribution >= 4 is 11.8 Å². The highest BCUT2D eigenvalue weighted by atomic mass is 16.2. The molecule has 5 nitrogen and oxygen atoms in total. The molecule has 2 unspecified atom stereocenters. The fraction of sp³-hybridized carbons (Fsp3) is 0.643. The van der Waals surface area contributed by atoms with E-state index in [1.54, 1.807) is 0 Å². The summed E-state index contributed by atoms with van der Waals surface area (Å²) >= 11 is 0. The van der Waals surface area contributed by atoms with E-state index in [2.05, 4.69) is 36.6 Å². The van der Waals surface area contributed by atoms with Crippen LogP contribution in [0.2, 0.25) is 0 Å². The zero-order chi connectivity index (χ0) is 23.6. The Hall–Kier alpha value is -2.14. The number of piperazine rings is 1. The largest absolute Gasteiger partial charge is 0.337 e. The molecule has 1 heterocycles. The third kappa shape index (κ3) is 5.18. The normalized spacial score (nSPS) is 24.1. The second-order valence-electron chi connectivity index (χ2n) is 10.9. The Morgan fingerprint density at radius 3 is 2.39 bits per heavy atom. The van der Waals surface area contributed by atoms with Crippen LogP contribution in [0.1, 0.15) is 62.4 Å². The van der Waals surface area contributed by atoms with E-state index in [1.807, 2.05) is 36.1 Å². The number of amides is 2. The summed E-state index contributed by atoms with van der Waals surface area (Å²) in [5.41, 5.74) is 3.82. The Morgan fingerprint density at radius 1 is 1.09 bits per heavy atom. The van der Waals surface area contributed by atoms with E-state index < -0.39 is 0 Å². The first-order valence-electron chi connectivity index (χ1n) is 12.8. The zero-order valence-corrected chi connectivity index (χ0v) is 21.0. The SMILES string of the molecule is CCCC(=O)N(CCN1CCN(C(=O)c2ccc(C)cc2)CC1)CC1=CCC2CC1C2(C)C. The quantitative estimate of drug-likeness (QED) is 0.551. The molecule has 4 aliphatic rings. The molecule has 1 aromatic carbocycles. The molecule has 1 aromatic rings. The van der Waals surface area contributed by atoms with Crippen LogP contribution in [0.15, 0.2) is 35.9 Å². The van der Waals surface area contributed by atoms with Crippen molar-refractivity contribution < 1.29 is 9.59 Å². The van der Waals surface area contributed by atoms with Crippen molar-refractivity contribution in [3.8, 4) is 0 Å². The maximum Gasteiger partial charge on any atom is 0.253 e. The van der Waals surface area contributed by atoms with Crippen LogP contribution in [-0.4, -0.2) is 72.3 Å². The molecule has 5 rings (SSSR count). The van der Waals surface area contributed by atoms with E-state index >= 15 is 0 Å². The van der Waals surface area contributed by atoms with Crippen LogP contribution in [0, 0.1) is 24.2 Å². The Labute approximate surface area is 199 Å². The lowest BCUT2D eigenvalue weighted by Gasteiger charge is -2.57. The molecule has 1 saturated heterocycles. The third-order valence-electron chi connectivity index (χ3n) is 8.42. The Kier molecular flexibility index (Phi) is 7.28. The van der Waals surface area contributed by atoms with Gasteiger partial charge in [-0.25, -0.2) is 0 Å². The minimum Gasteiger partial charge on any atom is -0.337 e. The molecule has 0 aromatic heterocycles. The molecule has 0 radical (unpaired) electrons. The monoisotopic (exact) mass is 451 g/mol. The van der Waals surface area contributed by atoms with Gasteiger partial charge in [-0.05, 0) is 55.6 Å². The number of fused-ring (bicyclic) bond motifs is 1. The molecule has 2 fully saturated rings. The van der Waals surface area contributed by atoms with Crippen molar-refractivity contribution in [2.75, 3.05) is 45.8 Å². The molecule has 1 saturated carbocycles. The fourth-order valence-corrected chi connectivity index (χ4v) is 5.86. The fourth-order valence-electron chi connectivity index (χ4n) is 5.86. The Bertz CT molecular complexity index is 881. The number of aryl methyl sites for hydroxylation is 1. The minimum absolute atomic E-state index is 0.125. The molecule has 2 atom stereocenters. The summed E-state index contributed by atoms with van der Waals surface area (Å²) in [6.45, 7) is 14.6. The number of rotatable bonds is 8. The molecule has 1 aliphatic heterocycles. The Morgan fingerprint density at radius 2 is 1.79 bits per heavy atom. The van der Waals surface area contributed by atoms with E-state index in [1.165, 1.54) is 24.0 Å². The van der Waals surface area contributed by atoms with Gasteiger partial charge < -0.3 is 9.80 Å². The number of nitrogens with zero attached hydrogens (tertiary/aromatic N) is 3. The number of carbonyl (C=O) groups excluding carboxylic acids is 2. The van der Waals surface area contributed by atoms with Crippen molar-refractivity contribution in [3.63, 3.8) is 0 Å². The standard InChI is InChI=1S/C28H41N3O2/c1-5-6-26(32)31(20-23-11-12-24-19-25(23)28(24,3)4)18-15-29-13-16-30(17-14-29)27(33)22-9-7-21(2)8-10-22/h7-11,24-25H,5-6,12-20H2,1-4H3. The van der Waals surface area contributed by atoms with Gasteiger partial charge in [-0.1, -0.05) is 50.1 Å². The smallest absolute Gasteiger partial charge is 0.253 e. The third-order valence-corrected chi connectivity index (χ3v) is 8.42. The second-order valence-corrected chi connectivity index (χ2v) is 10.9. The maximum absolute atomic E-state index is 12.9. The lowest BCUT2D eigenvalue weighted by atomic mass is 9.49. The summed E-state index contributed by atoms with van der Waals surface area (Å²) in [5.74, 6) is 1.88. The van der Waals surface area contributed by atoms with Gasteiger partial charge in [0, 0.05) is 57.8 Å². The van der Waals surface area contributed by atoms with Crippen molar-refractivity contribution in [3.05, 3.63) is 47.0 Å². The van der Waals surface area contributed by atoms with Crippen molar-refractivity contribution in [2.45, 2.75) is 53.4 Å². The second kappa shape index (κ2) is 10.0. The predicted octanol–water partition coefficient (Wildman–Crippen LogP) is 4.37. The molecule has 180 valence electrons. The molecule has 2 bridgehead atoms. The van der Waals surface area contributed by atoms with E-state index in [-0.39, 0.29) is 11.8 Å². The number of allylic oxidation sites excluding steroid dienone is 1. The average molecular weight is 452 g/mol. The highest BCUT2D eigenvalue weighted by Gasteiger charge is 2.51. The van der Waals surface area contributed by atoms with E-state index in [4.69, 9.17) is 0 Å². The van der Waals surface area contributed by atoms with Crippen molar-refractivity contribution in [2.24, 2.45) is 17.3 Å². The number of carbonyl (C=O) groups is 2. The summed E-state index contributed by atoms with van der Waals surface area (Å²) in [5, 5.41) is 0. The van der Waals surface area contributed by atoms with Gasteiger partial charge in [-0.2, -0.15) is 0 Å². The van der Waals surface area contributed by atoms with Crippen LogP contribution in [0.3, 0.4) is 0 Å². The van der Waals surface area contributed by atoms with Gasteiger partial charge >= 0.3 is 0 Å². The first-order valence-corrected chi connectivity index (χ1v) is 12.8. The van der Waals surface area contributed by atoms with E-state index in [0.29, 0.717) is 17.8 Å². The van der Waals surface area contributed by atoms with Gasteiger partial charge in [0.1, 0.15) is 0 Å².